The summed E-state index contributed by atoms with van der Waals surface area (Å²) in [6, 6.07) is 10.4. The molecule has 1 unspecified atom stereocenters. The minimum Gasteiger partial charge on any atom is -0.370 e. The molecule has 1 aliphatic heterocycles. The molecule has 17 heavy (non-hydrogen) atoms. The number of hydrogen-bond donors (Lipinski definition) is 2. The summed E-state index contributed by atoms with van der Waals surface area (Å²) in [5, 5.41) is 9.56. The van der Waals surface area contributed by atoms with Gasteiger partial charge in [0.05, 0.1) is 0 Å². The van der Waals surface area contributed by atoms with Crippen molar-refractivity contribution in [2.24, 2.45) is 5.73 Å². The second kappa shape index (κ2) is 5.29. The average molecular weight is 234 g/mol. The third kappa shape index (κ3) is 2.84. The molecule has 1 atom stereocenters. The summed E-state index contributed by atoms with van der Waals surface area (Å²) in [4.78, 5) is 12.6. The van der Waals surface area contributed by atoms with E-state index >= 15 is 0 Å². The monoisotopic (exact) mass is 234 g/mol. The van der Waals surface area contributed by atoms with Gasteiger partial charge in [-0.3, -0.25) is 9.69 Å². The lowest BCUT2D eigenvalue weighted by Gasteiger charge is -2.33. The van der Waals surface area contributed by atoms with Gasteiger partial charge in [-0.25, -0.2) is 0 Å². The summed E-state index contributed by atoms with van der Waals surface area (Å²) < 4.78 is 0. The van der Waals surface area contributed by atoms with Gasteiger partial charge < -0.3 is 10.8 Å². The van der Waals surface area contributed by atoms with E-state index in [-0.39, 0.29) is 0 Å². The van der Waals surface area contributed by atoms with Gasteiger partial charge in [0.25, 0.3) is 5.91 Å². The first-order chi connectivity index (χ1) is 8.18. The maximum atomic E-state index is 10.9. The summed E-state index contributed by atoms with van der Waals surface area (Å²) in [6.45, 7) is 1.42. The fraction of sp³-hybridized carbons (Fsp3) is 0.462. The Morgan fingerprint density at radius 1 is 1.29 bits per heavy atom. The lowest BCUT2D eigenvalue weighted by Crippen LogP contribution is -2.47. The van der Waals surface area contributed by atoms with Crippen molar-refractivity contribution < 1.29 is 9.90 Å². The molecule has 1 amide bonds. The Morgan fingerprint density at radius 2 is 1.88 bits per heavy atom. The molecule has 0 bridgehead atoms. The molecule has 0 saturated carbocycles. The second-order valence-electron chi connectivity index (χ2n) is 4.50. The topological polar surface area (TPSA) is 66.6 Å². The summed E-state index contributed by atoms with van der Waals surface area (Å²) in [7, 11) is 0. The normalized spacial score (nSPS) is 20.1. The Hall–Kier alpha value is -1.39. The number of likely N-dealkylation sites (tertiary alicyclic amines) is 1. The smallest absolute Gasteiger partial charge is 0.261 e. The number of nitrogens with two attached hydrogens (primary N) is 1. The van der Waals surface area contributed by atoms with Crippen LogP contribution in [-0.4, -0.2) is 35.2 Å². The fourth-order valence-corrected chi connectivity index (χ4v) is 2.38. The van der Waals surface area contributed by atoms with E-state index in [9.17, 15) is 9.90 Å². The van der Waals surface area contributed by atoms with Gasteiger partial charge in [-0.2, -0.15) is 0 Å². The van der Waals surface area contributed by atoms with E-state index in [2.05, 4.69) is 12.1 Å². The zero-order valence-electron chi connectivity index (χ0n) is 9.75. The third-order valence-corrected chi connectivity index (χ3v) is 3.40. The first-order valence-electron chi connectivity index (χ1n) is 5.95. The van der Waals surface area contributed by atoms with Gasteiger partial charge in [0.2, 0.25) is 0 Å². The molecule has 1 aromatic carbocycles. The van der Waals surface area contributed by atoms with Crippen molar-refractivity contribution in [1.29, 1.82) is 0 Å². The van der Waals surface area contributed by atoms with Gasteiger partial charge in [0, 0.05) is 13.1 Å². The highest BCUT2D eigenvalue weighted by atomic mass is 16.3. The van der Waals surface area contributed by atoms with Gasteiger partial charge in [0.15, 0.2) is 6.23 Å². The SMILES string of the molecule is NC(=O)C(O)N1CCC(c2ccccc2)CC1. The quantitative estimate of drug-likeness (QED) is 0.807. The molecule has 3 N–H and O–H groups in total. The number of rotatable bonds is 3. The van der Waals surface area contributed by atoms with Crippen LogP contribution in [-0.2, 0) is 4.79 Å². The molecular weight excluding hydrogens is 216 g/mol. The number of nitrogens with zero attached hydrogens (tertiary/aromatic N) is 1. The van der Waals surface area contributed by atoms with Crippen LogP contribution in [0.25, 0.3) is 0 Å². The first kappa shape index (κ1) is 12.1. The van der Waals surface area contributed by atoms with Crippen LogP contribution in [0.3, 0.4) is 0 Å². The molecule has 0 spiro atoms. The highest BCUT2D eigenvalue weighted by Crippen LogP contribution is 2.28. The van der Waals surface area contributed by atoms with Crippen LogP contribution in [0.1, 0.15) is 24.3 Å². The van der Waals surface area contributed by atoms with Crippen molar-refractivity contribution in [2.75, 3.05) is 13.1 Å². The largest absolute Gasteiger partial charge is 0.370 e. The van der Waals surface area contributed by atoms with Crippen molar-refractivity contribution in [3.63, 3.8) is 0 Å². The predicted octanol–water partition coefficient (Wildman–Crippen LogP) is 0.670. The van der Waals surface area contributed by atoms with Crippen LogP contribution in [0, 0.1) is 0 Å². The maximum absolute atomic E-state index is 10.9. The molecule has 1 heterocycles. The van der Waals surface area contributed by atoms with E-state index in [0.717, 1.165) is 12.8 Å². The van der Waals surface area contributed by atoms with E-state index < -0.39 is 12.1 Å². The molecule has 1 aliphatic rings. The Bertz CT molecular complexity index is 372. The fourth-order valence-electron chi connectivity index (χ4n) is 2.38. The standard InChI is InChI=1S/C13H18N2O2/c14-12(16)13(17)15-8-6-11(7-9-15)10-4-2-1-3-5-10/h1-5,11,13,17H,6-9H2,(H2,14,16). The number of benzene rings is 1. The van der Waals surface area contributed by atoms with Gasteiger partial charge in [-0.15, -0.1) is 0 Å². The summed E-state index contributed by atoms with van der Waals surface area (Å²) >= 11 is 0. The number of carbonyl (C=O) groups is 1. The highest BCUT2D eigenvalue weighted by Gasteiger charge is 2.27. The molecule has 92 valence electrons. The zero-order valence-corrected chi connectivity index (χ0v) is 9.75. The molecule has 2 rings (SSSR count). The highest BCUT2D eigenvalue weighted by molar-refractivity contribution is 5.78. The van der Waals surface area contributed by atoms with Crippen LogP contribution in [0.2, 0.25) is 0 Å². The number of aliphatic hydroxyl groups is 1. The van der Waals surface area contributed by atoms with Crippen molar-refractivity contribution in [3.05, 3.63) is 35.9 Å². The molecule has 4 heteroatoms. The Kier molecular flexibility index (Phi) is 3.76. The average Bonchev–Trinajstić information content (AvgIpc) is 2.39. The second-order valence-corrected chi connectivity index (χ2v) is 4.50. The van der Waals surface area contributed by atoms with Gasteiger partial charge >= 0.3 is 0 Å². The lowest BCUT2D eigenvalue weighted by atomic mass is 9.89. The number of aliphatic hydroxyl groups excluding tert-OH is 1. The summed E-state index contributed by atoms with van der Waals surface area (Å²) in [5.74, 6) is -0.143. The number of carbonyl (C=O) groups excluding carboxylic acids is 1. The van der Waals surface area contributed by atoms with Crippen molar-refractivity contribution in [3.8, 4) is 0 Å². The van der Waals surface area contributed by atoms with E-state index in [1.165, 1.54) is 5.56 Å². The van der Waals surface area contributed by atoms with Crippen LogP contribution in [0.4, 0.5) is 0 Å². The Labute approximate surface area is 101 Å². The van der Waals surface area contributed by atoms with Gasteiger partial charge in [-0.05, 0) is 24.3 Å². The van der Waals surface area contributed by atoms with Crippen LogP contribution >= 0.6 is 0 Å². The molecule has 4 nitrogen and oxygen atoms in total. The predicted molar refractivity (Wildman–Crippen MR) is 65.2 cm³/mol. The summed E-state index contributed by atoms with van der Waals surface area (Å²) in [6.07, 6.45) is 0.773. The van der Waals surface area contributed by atoms with Crippen LogP contribution in [0.5, 0.6) is 0 Å². The summed E-state index contributed by atoms with van der Waals surface area (Å²) in [5.41, 5.74) is 6.42. The first-order valence-corrected chi connectivity index (χ1v) is 5.95. The molecule has 1 saturated heterocycles. The minimum absolute atomic E-state index is 0.521. The number of hydrogen-bond acceptors (Lipinski definition) is 3. The number of primary amides is 1. The van der Waals surface area contributed by atoms with Gasteiger partial charge in [-0.1, -0.05) is 30.3 Å². The molecule has 0 radical (unpaired) electrons. The molecule has 1 fully saturated rings. The molecule has 1 aromatic rings. The number of amides is 1. The van der Waals surface area contributed by atoms with E-state index in [4.69, 9.17) is 5.73 Å². The van der Waals surface area contributed by atoms with E-state index in [1.807, 2.05) is 18.2 Å². The van der Waals surface area contributed by atoms with E-state index in [1.54, 1.807) is 4.90 Å². The van der Waals surface area contributed by atoms with Crippen molar-refractivity contribution in [1.82, 2.24) is 4.90 Å². The van der Waals surface area contributed by atoms with Crippen molar-refractivity contribution >= 4 is 5.91 Å². The Balaban J connectivity index is 1.93. The lowest BCUT2D eigenvalue weighted by molar-refractivity contribution is -0.137. The van der Waals surface area contributed by atoms with Crippen molar-refractivity contribution in [2.45, 2.75) is 25.0 Å². The zero-order chi connectivity index (χ0) is 12.3. The Morgan fingerprint density at radius 3 is 2.41 bits per heavy atom. The van der Waals surface area contributed by atoms with Gasteiger partial charge in [0.1, 0.15) is 0 Å². The van der Waals surface area contributed by atoms with E-state index in [0.29, 0.717) is 19.0 Å². The van der Waals surface area contributed by atoms with Crippen LogP contribution in [0.15, 0.2) is 30.3 Å². The number of piperidine rings is 1. The third-order valence-electron chi connectivity index (χ3n) is 3.40. The maximum Gasteiger partial charge on any atom is 0.261 e. The molecular formula is C13H18N2O2. The minimum atomic E-state index is -1.13. The molecule has 0 aromatic heterocycles. The van der Waals surface area contributed by atoms with Crippen LogP contribution < -0.4 is 5.73 Å². The molecule has 0 aliphatic carbocycles.